The van der Waals surface area contributed by atoms with Gasteiger partial charge in [0, 0.05) is 45.4 Å². The van der Waals surface area contributed by atoms with E-state index in [0.29, 0.717) is 29.8 Å². The predicted octanol–water partition coefficient (Wildman–Crippen LogP) is 3.76. The van der Waals surface area contributed by atoms with Crippen molar-refractivity contribution in [2.75, 3.05) is 13.1 Å². The SMILES string of the molecule is Cn1c(=O)n(C2CCC(=O)NC2=O)c2ccc(CC3CCC(CC(=O)N4CC[C@H]5CC[C@@H](C(=O)N[C@@H](CCC(N)=O)C(=O)NCc6cccc7ccccc67)N5C(=O)[C@@H](NC(=O)OC(C)(C)C)C4)CC3)cc21. The van der Waals surface area contributed by atoms with Gasteiger partial charge in [-0.05, 0) is 131 Å². The van der Waals surface area contributed by atoms with Crippen molar-refractivity contribution in [3.63, 3.8) is 0 Å². The molecule has 1 aromatic heterocycles. The second-order valence-corrected chi connectivity index (χ2v) is 21.0. The fraction of sp³-hybridized carbons (Fsp3) is 0.528. The normalized spacial score (nSPS) is 23.1. The van der Waals surface area contributed by atoms with Crippen molar-refractivity contribution in [1.82, 2.24) is 40.2 Å². The van der Waals surface area contributed by atoms with Gasteiger partial charge in [0.1, 0.15) is 29.8 Å². The number of nitrogens with zero attached hydrogens (tertiary/aromatic N) is 4. The molecule has 0 bridgehead atoms. The number of benzene rings is 3. The third kappa shape index (κ3) is 11.8. The maximum atomic E-state index is 14.7. The van der Waals surface area contributed by atoms with Crippen LogP contribution in [0.25, 0.3) is 21.8 Å². The van der Waals surface area contributed by atoms with Gasteiger partial charge in [0.25, 0.3) is 0 Å². The van der Waals surface area contributed by atoms with Crippen LogP contribution in [0.1, 0.15) is 115 Å². The second kappa shape index (κ2) is 21.7. The van der Waals surface area contributed by atoms with Crippen LogP contribution >= 0.6 is 0 Å². The fourth-order valence-corrected chi connectivity index (χ4v) is 11.1. The van der Waals surface area contributed by atoms with Crippen LogP contribution in [0.3, 0.4) is 0 Å². The van der Waals surface area contributed by atoms with E-state index in [4.69, 9.17) is 10.5 Å². The lowest BCUT2D eigenvalue weighted by Gasteiger charge is -2.39. The Balaban J connectivity index is 0.901. The van der Waals surface area contributed by atoms with Crippen LogP contribution in [0.15, 0.2) is 65.5 Å². The second-order valence-electron chi connectivity index (χ2n) is 21.0. The van der Waals surface area contributed by atoms with Gasteiger partial charge in [0.15, 0.2) is 0 Å². The Labute approximate surface area is 417 Å². The molecule has 1 aliphatic carbocycles. The first-order valence-electron chi connectivity index (χ1n) is 25.3. The fourth-order valence-electron chi connectivity index (χ4n) is 11.1. The highest BCUT2D eigenvalue weighted by atomic mass is 16.6. The third-order valence-electron chi connectivity index (χ3n) is 14.8. The first-order valence-corrected chi connectivity index (χ1v) is 25.3. The lowest BCUT2D eigenvalue weighted by Crippen LogP contribution is -2.62. The van der Waals surface area contributed by atoms with Crippen LogP contribution in [0, 0.1) is 11.8 Å². The molecule has 1 unspecified atom stereocenters. The zero-order valence-electron chi connectivity index (χ0n) is 41.6. The summed E-state index contributed by atoms with van der Waals surface area (Å²) in [7, 11) is 1.68. The van der Waals surface area contributed by atoms with E-state index >= 15 is 0 Å². The standard InChI is InChI=1S/C53H67N9O10/c1-53(2,3)72-51(70)57-39-30-60(46(65)28-32-14-12-31(13-15-32)26-33-16-19-40-43(27-33)59(4)52(71)62(40)42-21-23-45(64)58-49(42)68)25-24-36-17-20-41(61(36)50(39)69)48(67)56-38(18-22-44(54)63)47(66)55-29-35-10-7-9-34-8-5-6-11-37(34)35/h5-11,16,19,27,31-32,36,38-39,41-42H,12-15,17-18,20-26,28-30H2,1-4H3,(H2,54,63)(H,55,66)(H,56,67)(H,57,70)(H,58,64,68)/t31?,32?,36-,38+,39+,41+,42?/m1/s1. The molecule has 8 rings (SSSR count). The number of rotatable bonds is 14. The highest BCUT2D eigenvalue weighted by molar-refractivity contribution is 6.00. The van der Waals surface area contributed by atoms with Crippen molar-refractivity contribution < 1.29 is 43.1 Å². The van der Waals surface area contributed by atoms with Crippen LogP contribution in [0.2, 0.25) is 0 Å². The monoisotopic (exact) mass is 990 g/mol. The van der Waals surface area contributed by atoms with Crippen LogP contribution in [-0.2, 0) is 58.3 Å². The van der Waals surface area contributed by atoms with Crippen molar-refractivity contribution >= 4 is 69.2 Å². The van der Waals surface area contributed by atoms with Crippen molar-refractivity contribution in [1.29, 1.82) is 0 Å². The Bertz CT molecular complexity index is 2820. The molecule has 8 amide bonds. The number of carbonyl (C=O) groups is 8. The number of fused-ring (bicyclic) bond motifs is 3. The summed E-state index contributed by atoms with van der Waals surface area (Å²) in [4.78, 5) is 123. The van der Waals surface area contributed by atoms with Crippen molar-refractivity contribution in [2.24, 2.45) is 24.6 Å². The average Bonchev–Trinajstić information content (AvgIpc) is 3.86. The molecule has 5 atom stereocenters. The summed E-state index contributed by atoms with van der Waals surface area (Å²) in [6.07, 6.45) is 4.98. The van der Waals surface area contributed by atoms with Crippen molar-refractivity contribution in [3.8, 4) is 0 Å². The van der Waals surface area contributed by atoms with E-state index in [0.717, 1.165) is 54.0 Å². The Kier molecular flexibility index (Phi) is 15.5. The van der Waals surface area contributed by atoms with E-state index in [1.807, 2.05) is 60.7 Å². The minimum absolute atomic E-state index is 0.0572. The summed E-state index contributed by atoms with van der Waals surface area (Å²) in [5.41, 5.74) is 7.57. The smallest absolute Gasteiger partial charge is 0.408 e. The molecule has 72 heavy (non-hydrogen) atoms. The van der Waals surface area contributed by atoms with Crippen LogP contribution in [0.5, 0.6) is 0 Å². The van der Waals surface area contributed by atoms with Crippen LogP contribution in [-0.4, -0.2) is 109 Å². The molecule has 6 N–H and O–H groups in total. The molecule has 4 aliphatic rings. The van der Waals surface area contributed by atoms with E-state index in [2.05, 4.69) is 21.3 Å². The summed E-state index contributed by atoms with van der Waals surface area (Å²) in [5, 5.41) is 12.8. The summed E-state index contributed by atoms with van der Waals surface area (Å²) in [6.45, 7) is 5.43. The van der Waals surface area contributed by atoms with Gasteiger partial charge in [-0.2, -0.15) is 0 Å². The van der Waals surface area contributed by atoms with Gasteiger partial charge in [-0.3, -0.25) is 48.0 Å². The Morgan fingerprint density at radius 3 is 2.33 bits per heavy atom. The number of nitrogens with one attached hydrogen (secondary N) is 4. The quantitative estimate of drug-likeness (QED) is 0.114. The molecular formula is C53H67N9O10. The maximum absolute atomic E-state index is 14.7. The number of ether oxygens (including phenoxy) is 1. The van der Waals surface area contributed by atoms with Gasteiger partial charge < -0.3 is 36.2 Å². The summed E-state index contributed by atoms with van der Waals surface area (Å²) < 4.78 is 8.58. The third-order valence-corrected chi connectivity index (χ3v) is 14.8. The molecule has 384 valence electrons. The number of nitrogens with two attached hydrogens (primary N) is 1. The molecule has 3 aliphatic heterocycles. The van der Waals surface area contributed by atoms with Crippen LogP contribution in [0.4, 0.5) is 4.79 Å². The number of hydrogen-bond donors (Lipinski definition) is 5. The van der Waals surface area contributed by atoms with E-state index in [9.17, 15) is 43.2 Å². The number of hydrogen-bond acceptors (Lipinski definition) is 10. The lowest BCUT2D eigenvalue weighted by atomic mass is 9.78. The maximum Gasteiger partial charge on any atom is 0.408 e. The number of aryl methyl sites for hydroxylation is 1. The zero-order valence-corrected chi connectivity index (χ0v) is 41.6. The number of piperidine rings is 1. The molecule has 4 aromatic rings. The number of aromatic nitrogens is 2. The number of imidazole rings is 1. The lowest BCUT2D eigenvalue weighted by molar-refractivity contribution is -0.146. The molecule has 4 fully saturated rings. The average molecular weight is 990 g/mol. The number of carbonyl (C=O) groups excluding carboxylic acids is 8. The van der Waals surface area contributed by atoms with Gasteiger partial charge in [-0.15, -0.1) is 0 Å². The molecule has 3 saturated heterocycles. The van der Waals surface area contributed by atoms with Crippen LogP contribution < -0.4 is 32.7 Å². The number of amides is 8. The molecule has 0 spiro atoms. The first-order chi connectivity index (χ1) is 34.3. The van der Waals surface area contributed by atoms with E-state index < -0.39 is 71.4 Å². The Hall–Kier alpha value is -7.05. The molecule has 0 radical (unpaired) electrons. The van der Waals surface area contributed by atoms with Crippen molar-refractivity contribution in [3.05, 3.63) is 82.3 Å². The van der Waals surface area contributed by atoms with Crippen molar-refractivity contribution in [2.45, 2.75) is 147 Å². The highest BCUT2D eigenvalue weighted by Gasteiger charge is 2.46. The van der Waals surface area contributed by atoms with Gasteiger partial charge in [-0.1, -0.05) is 48.5 Å². The topological polar surface area (TPSA) is 253 Å². The van der Waals surface area contributed by atoms with E-state index in [1.165, 1.54) is 9.47 Å². The Morgan fingerprint density at radius 2 is 1.60 bits per heavy atom. The molecule has 3 aromatic carbocycles. The zero-order chi connectivity index (χ0) is 51.4. The minimum atomic E-state index is -1.23. The summed E-state index contributed by atoms with van der Waals surface area (Å²) in [5.74, 6) is -2.74. The largest absolute Gasteiger partial charge is 0.444 e. The Morgan fingerprint density at radius 1 is 0.861 bits per heavy atom. The highest BCUT2D eigenvalue weighted by Crippen LogP contribution is 2.35. The van der Waals surface area contributed by atoms with Gasteiger partial charge in [-0.25, -0.2) is 9.59 Å². The van der Waals surface area contributed by atoms with Gasteiger partial charge in [0.2, 0.25) is 41.4 Å². The summed E-state index contributed by atoms with van der Waals surface area (Å²) >= 11 is 0. The van der Waals surface area contributed by atoms with E-state index in [-0.39, 0.29) is 81.6 Å². The molecule has 1 saturated carbocycles. The first kappa shape index (κ1) is 51.3. The molecular weight excluding hydrogens is 923 g/mol. The molecule has 19 nitrogen and oxygen atoms in total. The number of primary amides is 1. The van der Waals surface area contributed by atoms with Gasteiger partial charge >= 0.3 is 11.8 Å². The molecule has 4 heterocycles. The molecule has 19 heteroatoms. The number of alkyl carbamates (subject to hydrolysis) is 1. The van der Waals surface area contributed by atoms with E-state index in [1.54, 1.807) is 37.3 Å². The number of imide groups is 1. The van der Waals surface area contributed by atoms with Gasteiger partial charge in [0.05, 0.1) is 17.6 Å². The predicted molar refractivity (Wildman–Crippen MR) is 267 cm³/mol. The minimum Gasteiger partial charge on any atom is -0.444 e. The summed E-state index contributed by atoms with van der Waals surface area (Å²) in [6, 6.07) is 14.9.